The maximum Gasteiger partial charge on any atom is 0.133 e. The highest BCUT2D eigenvalue weighted by Crippen LogP contribution is 2.46. The Balaban J connectivity index is 2.16. The Hall–Kier alpha value is -0.0200. The molecule has 2 rings (SSSR count). The van der Waals surface area contributed by atoms with E-state index in [9.17, 15) is 0 Å². The first kappa shape index (κ1) is 12.4. The first-order chi connectivity index (χ1) is 7.63. The van der Waals surface area contributed by atoms with Crippen molar-refractivity contribution in [1.29, 1.82) is 0 Å². The molecule has 0 radical (unpaired) electrons. The normalized spacial score (nSPS) is 19.2. The van der Waals surface area contributed by atoms with Crippen LogP contribution in [0.25, 0.3) is 0 Å². The van der Waals surface area contributed by atoms with Crippen molar-refractivity contribution in [3.05, 3.63) is 28.2 Å². The zero-order valence-corrected chi connectivity index (χ0v) is 12.7. The van der Waals surface area contributed by atoms with Gasteiger partial charge in [0.1, 0.15) is 5.75 Å². The van der Waals surface area contributed by atoms with Gasteiger partial charge in [-0.05, 0) is 58.3 Å². The summed E-state index contributed by atoms with van der Waals surface area (Å²) < 4.78 is 6.27. The maximum absolute atomic E-state index is 5.24. The fraction of sp³-hybridized carbons (Fsp3) is 0.538. The molecule has 1 aliphatic carbocycles. The van der Waals surface area contributed by atoms with E-state index in [0.717, 1.165) is 16.1 Å². The highest BCUT2D eigenvalue weighted by atomic mass is 79.9. The topological polar surface area (TPSA) is 9.23 Å². The number of hydrogen-bond acceptors (Lipinski definition) is 1. The third-order valence-electron chi connectivity index (χ3n) is 3.32. The number of benzene rings is 1. The zero-order valence-electron chi connectivity index (χ0n) is 9.54. The Kier molecular flexibility index (Phi) is 3.96. The standard InChI is InChI=1S/C13H16Br2O/c1-8(9-3-4-9)13(15)10-5-6-12(16-2)11(14)7-10/h5-9,13H,3-4H2,1-2H3. The van der Waals surface area contributed by atoms with Crippen LogP contribution in [-0.4, -0.2) is 7.11 Å². The Bertz CT molecular complexity index is 374. The molecular formula is C13H16Br2O. The fourth-order valence-corrected chi connectivity index (χ4v) is 3.29. The molecule has 2 atom stereocenters. The zero-order chi connectivity index (χ0) is 11.7. The van der Waals surface area contributed by atoms with Crippen molar-refractivity contribution in [2.75, 3.05) is 7.11 Å². The van der Waals surface area contributed by atoms with Crippen molar-refractivity contribution < 1.29 is 4.74 Å². The summed E-state index contributed by atoms with van der Waals surface area (Å²) >= 11 is 7.34. The van der Waals surface area contributed by atoms with E-state index in [1.165, 1.54) is 18.4 Å². The van der Waals surface area contributed by atoms with Crippen molar-refractivity contribution >= 4 is 31.9 Å². The summed E-state index contributed by atoms with van der Waals surface area (Å²) in [5.41, 5.74) is 1.33. The minimum Gasteiger partial charge on any atom is -0.496 e. The van der Waals surface area contributed by atoms with Crippen LogP contribution in [0.1, 0.15) is 30.2 Å². The number of rotatable bonds is 4. The van der Waals surface area contributed by atoms with E-state index in [4.69, 9.17) is 4.74 Å². The molecule has 1 aromatic rings. The Labute approximate surface area is 114 Å². The molecule has 0 aliphatic heterocycles. The van der Waals surface area contributed by atoms with Gasteiger partial charge in [-0.25, -0.2) is 0 Å². The summed E-state index contributed by atoms with van der Waals surface area (Å²) in [6.07, 6.45) is 2.78. The monoisotopic (exact) mass is 346 g/mol. The SMILES string of the molecule is COc1ccc(C(Br)C(C)C2CC2)cc1Br. The second-order valence-electron chi connectivity index (χ2n) is 4.49. The van der Waals surface area contributed by atoms with E-state index in [0.29, 0.717) is 10.7 Å². The molecule has 88 valence electrons. The van der Waals surface area contributed by atoms with Crippen molar-refractivity contribution in [1.82, 2.24) is 0 Å². The number of hydrogen-bond donors (Lipinski definition) is 0. The number of methoxy groups -OCH3 is 1. The van der Waals surface area contributed by atoms with E-state index < -0.39 is 0 Å². The van der Waals surface area contributed by atoms with Crippen LogP contribution in [0.15, 0.2) is 22.7 Å². The molecule has 0 amide bonds. The molecule has 1 saturated carbocycles. The predicted octanol–water partition coefficient (Wildman–Crippen LogP) is 4.94. The number of halogens is 2. The van der Waals surface area contributed by atoms with Crippen molar-refractivity contribution in [2.45, 2.75) is 24.6 Å². The number of alkyl halides is 1. The van der Waals surface area contributed by atoms with Crippen LogP contribution in [-0.2, 0) is 0 Å². The quantitative estimate of drug-likeness (QED) is 0.701. The van der Waals surface area contributed by atoms with Crippen molar-refractivity contribution in [2.24, 2.45) is 11.8 Å². The summed E-state index contributed by atoms with van der Waals surface area (Å²) in [6.45, 7) is 2.33. The van der Waals surface area contributed by atoms with Crippen LogP contribution < -0.4 is 4.74 Å². The second kappa shape index (κ2) is 5.09. The van der Waals surface area contributed by atoms with Crippen LogP contribution in [0.3, 0.4) is 0 Å². The van der Waals surface area contributed by atoms with Gasteiger partial charge < -0.3 is 4.74 Å². The van der Waals surface area contributed by atoms with Gasteiger partial charge >= 0.3 is 0 Å². The van der Waals surface area contributed by atoms with Gasteiger partial charge in [0.25, 0.3) is 0 Å². The molecule has 1 nitrogen and oxygen atoms in total. The first-order valence-electron chi connectivity index (χ1n) is 5.61. The van der Waals surface area contributed by atoms with Gasteiger partial charge in [0, 0.05) is 4.83 Å². The van der Waals surface area contributed by atoms with Crippen LogP contribution >= 0.6 is 31.9 Å². The van der Waals surface area contributed by atoms with E-state index in [2.05, 4.69) is 50.9 Å². The molecular weight excluding hydrogens is 332 g/mol. The van der Waals surface area contributed by atoms with E-state index >= 15 is 0 Å². The minimum absolute atomic E-state index is 0.446. The fourth-order valence-electron chi connectivity index (χ4n) is 2.02. The molecule has 0 N–H and O–H groups in total. The Morgan fingerprint density at radius 1 is 1.38 bits per heavy atom. The first-order valence-corrected chi connectivity index (χ1v) is 7.32. The van der Waals surface area contributed by atoms with E-state index in [1.54, 1.807) is 7.11 Å². The molecule has 3 heteroatoms. The molecule has 0 spiro atoms. The highest BCUT2D eigenvalue weighted by Gasteiger charge is 2.32. The molecule has 1 aliphatic rings. The lowest BCUT2D eigenvalue weighted by Gasteiger charge is -2.19. The van der Waals surface area contributed by atoms with Gasteiger partial charge in [-0.2, -0.15) is 0 Å². The minimum atomic E-state index is 0.446. The molecule has 2 unspecified atom stereocenters. The van der Waals surface area contributed by atoms with Gasteiger partial charge in [0.05, 0.1) is 11.6 Å². The maximum atomic E-state index is 5.24. The summed E-state index contributed by atoms with van der Waals surface area (Å²) in [4.78, 5) is 0.446. The molecule has 1 fully saturated rings. The molecule has 16 heavy (non-hydrogen) atoms. The summed E-state index contributed by atoms with van der Waals surface area (Å²) in [6, 6.07) is 6.31. The van der Waals surface area contributed by atoms with Crippen molar-refractivity contribution in [3.63, 3.8) is 0 Å². The Morgan fingerprint density at radius 2 is 2.06 bits per heavy atom. The van der Waals surface area contributed by atoms with Crippen LogP contribution in [0.2, 0.25) is 0 Å². The van der Waals surface area contributed by atoms with E-state index in [1.807, 2.05) is 6.07 Å². The van der Waals surface area contributed by atoms with Gasteiger partial charge in [-0.1, -0.05) is 28.9 Å². The summed E-state index contributed by atoms with van der Waals surface area (Å²) in [7, 11) is 1.69. The largest absolute Gasteiger partial charge is 0.496 e. The smallest absolute Gasteiger partial charge is 0.133 e. The van der Waals surface area contributed by atoms with Gasteiger partial charge in [-0.3, -0.25) is 0 Å². The van der Waals surface area contributed by atoms with Crippen LogP contribution in [0, 0.1) is 11.8 Å². The molecule has 0 saturated heterocycles. The van der Waals surface area contributed by atoms with E-state index in [-0.39, 0.29) is 0 Å². The van der Waals surface area contributed by atoms with Gasteiger partial charge in [-0.15, -0.1) is 0 Å². The molecule has 0 heterocycles. The van der Waals surface area contributed by atoms with Crippen LogP contribution in [0.4, 0.5) is 0 Å². The van der Waals surface area contributed by atoms with Crippen molar-refractivity contribution in [3.8, 4) is 5.75 Å². The predicted molar refractivity (Wildman–Crippen MR) is 74.3 cm³/mol. The second-order valence-corrected chi connectivity index (χ2v) is 6.33. The third kappa shape index (κ3) is 2.62. The lowest BCUT2D eigenvalue weighted by Crippen LogP contribution is -2.05. The highest BCUT2D eigenvalue weighted by molar-refractivity contribution is 9.10. The van der Waals surface area contributed by atoms with Gasteiger partial charge in [0.15, 0.2) is 0 Å². The lowest BCUT2D eigenvalue weighted by atomic mass is 9.96. The average molecular weight is 348 g/mol. The number of ether oxygens (including phenoxy) is 1. The summed E-state index contributed by atoms with van der Waals surface area (Å²) in [5, 5.41) is 0. The van der Waals surface area contributed by atoms with Crippen LogP contribution in [0.5, 0.6) is 5.75 Å². The van der Waals surface area contributed by atoms with Gasteiger partial charge in [0.2, 0.25) is 0 Å². The third-order valence-corrected chi connectivity index (χ3v) is 5.30. The molecule has 0 bridgehead atoms. The summed E-state index contributed by atoms with van der Waals surface area (Å²) in [5.74, 6) is 2.51. The Morgan fingerprint density at radius 3 is 2.56 bits per heavy atom. The molecule has 1 aromatic carbocycles. The lowest BCUT2D eigenvalue weighted by molar-refractivity contribution is 0.411. The molecule has 0 aromatic heterocycles. The average Bonchev–Trinajstić information content (AvgIpc) is 3.11.